The third-order valence-electron chi connectivity index (χ3n) is 4.83. The van der Waals surface area contributed by atoms with Crippen molar-refractivity contribution in [3.05, 3.63) is 66.5 Å². The number of para-hydroxylation sites is 2. The lowest BCUT2D eigenvalue weighted by Crippen LogP contribution is -2.35. The fourth-order valence-electron chi connectivity index (χ4n) is 3.25. The Morgan fingerprint density at radius 2 is 1.83 bits per heavy atom. The lowest BCUT2D eigenvalue weighted by molar-refractivity contribution is -0.124. The summed E-state index contributed by atoms with van der Waals surface area (Å²) in [5, 5.41) is 3.26. The lowest BCUT2D eigenvalue weighted by atomic mass is 10.0. The average molecular weight is 319 g/mol. The number of imidazole rings is 1. The predicted molar refractivity (Wildman–Crippen MR) is 94.5 cm³/mol. The molecule has 24 heavy (non-hydrogen) atoms. The zero-order chi connectivity index (χ0) is 16.5. The maximum absolute atomic E-state index is 12.8. The molecular weight excluding hydrogens is 298 g/mol. The highest BCUT2D eigenvalue weighted by molar-refractivity contribution is 5.84. The normalized spacial score (nSPS) is 16.7. The molecule has 1 heterocycles. The minimum absolute atomic E-state index is 0.0407. The van der Waals surface area contributed by atoms with Crippen LogP contribution < -0.4 is 5.32 Å². The molecule has 4 nitrogen and oxygen atoms in total. The van der Waals surface area contributed by atoms with Crippen LogP contribution in [0.1, 0.15) is 37.4 Å². The van der Waals surface area contributed by atoms with Gasteiger partial charge in [-0.3, -0.25) is 4.79 Å². The second kappa shape index (κ2) is 6.11. The molecule has 0 saturated heterocycles. The molecule has 0 unspecified atom stereocenters. The van der Waals surface area contributed by atoms with Crippen LogP contribution in [0.3, 0.4) is 0 Å². The van der Waals surface area contributed by atoms with Crippen LogP contribution in [0.25, 0.3) is 11.0 Å². The summed E-state index contributed by atoms with van der Waals surface area (Å²) >= 11 is 0. The van der Waals surface area contributed by atoms with E-state index in [2.05, 4.69) is 22.4 Å². The summed E-state index contributed by atoms with van der Waals surface area (Å²) in [6.45, 7) is 1.93. The van der Waals surface area contributed by atoms with Gasteiger partial charge in [-0.15, -0.1) is 0 Å². The van der Waals surface area contributed by atoms with E-state index in [1.54, 1.807) is 6.33 Å². The third-order valence-corrected chi connectivity index (χ3v) is 4.83. The van der Waals surface area contributed by atoms with Crippen molar-refractivity contribution in [1.29, 1.82) is 0 Å². The Morgan fingerprint density at radius 1 is 1.12 bits per heavy atom. The van der Waals surface area contributed by atoms with Gasteiger partial charge < -0.3 is 9.88 Å². The van der Waals surface area contributed by atoms with E-state index >= 15 is 0 Å². The first-order valence-electron chi connectivity index (χ1n) is 8.51. The Labute approximate surface area is 141 Å². The summed E-state index contributed by atoms with van der Waals surface area (Å²) in [4.78, 5) is 17.2. The van der Waals surface area contributed by atoms with Crippen molar-refractivity contribution in [3.63, 3.8) is 0 Å². The first-order valence-corrected chi connectivity index (χ1v) is 8.51. The molecule has 2 aromatic carbocycles. The van der Waals surface area contributed by atoms with Gasteiger partial charge in [-0.05, 0) is 43.4 Å². The largest absolute Gasteiger partial charge is 0.347 e. The van der Waals surface area contributed by atoms with E-state index in [9.17, 15) is 4.79 Å². The van der Waals surface area contributed by atoms with Crippen LogP contribution in [0.15, 0.2) is 60.9 Å². The number of rotatable bonds is 5. The zero-order valence-electron chi connectivity index (χ0n) is 13.7. The fourth-order valence-corrected chi connectivity index (χ4v) is 3.25. The summed E-state index contributed by atoms with van der Waals surface area (Å²) in [6, 6.07) is 18.0. The van der Waals surface area contributed by atoms with Gasteiger partial charge in [0.15, 0.2) is 0 Å². The Morgan fingerprint density at radius 3 is 2.58 bits per heavy atom. The molecule has 3 aromatic rings. The van der Waals surface area contributed by atoms with Crippen LogP contribution in [-0.4, -0.2) is 15.5 Å². The molecule has 1 aliphatic rings. The summed E-state index contributed by atoms with van der Waals surface area (Å²) < 4.78 is 1.94. The second-order valence-corrected chi connectivity index (χ2v) is 6.55. The molecule has 2 atom stereocenters. The molecule has 4 rings (SSSR count). The van der Waals surface area contributed by atoms with Crippen molar-refractivity contribution < 1.29 is 4.79 Å². The molecular formula is C20H21N3O. The molecule has 1 aromatic heterocycles. The van der Waals surface area contributed by atoms with E-state index in [4.69, 9.17) is 0 Å². The number of hydrogen-bond donors (Lipinski definition) is 1. The molecule has 1 saturated carbocycles. The third kappa shape index (κ3) is 2.80. The number of benzene rings is 2. The lowest BCUT2D eigenvalue weighted by Gasteiger charge is -2.22. The first kappa shape index (κ1) is 14.9. The SMILES string of the molecule is C[C@@H](C(=O)N[C@@H](c1ccccc1)C1CC1)n1cnc2ccccc21. The van der Waals surface area contributed by atoms with Gasteiger partial charge >= 0.3 is 0 Å². The number of nitrogens with one attached hydrogen (secondary N) is 1. The number of carbonyl (C=O) groups excluding carboxylic acids is 1. The number of hydrogen-bond acceptors (Lipinski definition) is 2. The highest BCUT2D eigenvalue weighted by Gasteiger charge is 2.34. The van der Waals surface area contributed by atoms with E-state index < -0.39 is 0 Å². The summed E-state index contributed by atoms with van der Waals surface area (Å²) in [5.41, 5.74) is 3.10. The molecule has 1 fully saturated rings. The van der Waals surface area contributed by atoms with Gasteiger partial charge in [-0.1, -0.05) is 42.5 Å². The fraction of sp³-hybridized carbons (Fsp3) is 0.300. The minimum Gasteiger partial charge on any atom is -0.347 e. The number of fused-ring (bicyclic) bond motifs is 1. The van der Waals surface area contributed by atoms with Crippen LogP contribution in [0.5, 0.6) is 0 Å². The first-order chi connectivity index (χ1) is 11.7. The Balaban J connectivity index is 1.56. The molecule has 0 aliphatic heterocycles. The molecule has 0 spiro atoms. The highest BCUT2D eigenvalue weighted by Crippen LogP contribution is 2.41. The van der Waals surface area contributed by atoms with Crippen LogP contribution in [0.2, 0.25) is 0 Å². The summed E-state index contributed by atoms with van der Waals surface area (Å²) in [7, 11) is 0. The number of amides is 1. The van der Waals surface area contributed by atoms with Crippen LogP contribution >= 0.6 is 0 Å². The van der Waals surface area contributed by atoms with E-state index in [1.807, 2.05) is 54.0 Å². The van der Waals surface area contributed by atoms with E-state index in [1.165, 1.54) is 18.4 Å². The van der Waals surface area contributed by atoms with Crippen molar-refractivity contribution in [1.82, 2.24) is 14.9 Å². The second-order valence-electron chi connectivity index (χ2n) is 6.55. The molecule has 0 radical (unpaired) electrons. The minimum atomic E-state index is -0.289. The van der Waals surface area contributed by atoms with E-state index in [0.29, 0.717) is 5.92 Å². The van der Waals surface area contributed by atoms with Gasteiger partial charge in [0.25, 0.3) is 0 Å². The smallest absolute Gasteiger partial charge is 0.243 e. The molecule has 1 aliphatic carbocycles. The highest BCUT2D eigenvalue weighted by atomic mass is 16.2. The molecule has 4 heteroatoms. The zero-order valence-corrected chi connectivity index (χ0v) is 13.7. The van der Waals surface area contributed by atoms with Gasteiger partial charge in [0.05, 0.1) is 23.4 Å². The van der Waals surface area contributed by atoms with Crippen LogP contribution in [0, 0.1) is 5.92 Å². The Hall–Kier alpha value is -2.62. The molecule has 0 bridgehead atoms. The van der Waals surface area contributed by atoms with Crippen LogP contribution in [-0.2, 0) is 4.79 Å². The average Bonchev–Trinajstić information content (AvgIpc) is 3.38. The van der Waals surface area contributed by atoms with Crippen molar-refractivity contribution >= 4 is 16.9 Å². The van der Waals surface area contributed by atoms with Gasteiger partial charge in [0, 0.05) is 0 Å². The monoisotopic (exact) mass is 319 g/mol. The summed E-state index contributed by atoms with van der Waals surface area (Å²) in [6.07, 6.45) is 4.12. The van der Waals surface area contributed by atoms with Crippen molar-refractivity contribution in [3.8, 4) is 0 Å². The quantitative estimate of drug-likeness (QED) is 0.776. The topological polar surface area (TPSA) is 46.9 Å². The number of carbonyl (C=O) groups is 1. The number of nitrogens with zero attached hydrogens (tertiary/aromatic N) is 2. The molecule has 1 amide bonds. The van der Waals surface area contributed by atoms with E-state index in [0.717, 1.165) is 11.0 Å². The molecule has 1 N–H and O–H groups in total. The van der Waals surface area contributed by atoms with Gasteiger partial charge in [-0.25, -0.2) is 4.98 Å². The van der Waals surface area contributed by atoms with Gasteiger partial charge in [0.2, 0.25) is 5.91 Å². The van der Waals surface area contributed by atoms with Gasteiger partial charge in [0.1, 0.15) is 6.04 Å². The van der Waals surface area contributed by atoms with Crippen LogP contribution in [0.4, 0.5) is 0 Å². The van der Waals surface area contributed by atoms with Crippen molar-refractivity contribution in [2.75, 3.05) is 0 Å². The Bertz CT molecular complexity index is 851. The maximum Gasteiger partial charge on any atom is 0.243 e. The van der Waals surface area contributed by atoms with Gasteiger partial charge in [-0.2, -0.15) is 0 Å². The van der Waals surface area contributed by atoms with E-state index in [-0.39, 0.29) is 18.0 Å². The predicted octanol–water partition coefficient (Wildman–Crippen LogP) is 3.86. The Kier molecular flexibility index (Phi) is 3.81. The number of aromatic nitrogens is 2. The maximum atomic E-state index is 12.8. The molecule has 122 valence electrons. The van der Waals surface area contributed by atoms with Crippen molar-refractivity contribution in [2.45, 2.75) is 31.8 Å². The summed E-state index contributed by atoms with van der Waals surface area (Å²) in [5.74, 6) is 0.599. The standard InChI is InChI=1S/C20H21N3O/c1-14(23-13-21-17-9-5-6-10-18(17)23)20(24)22-19(16-11-12-16)15-7-3-2-4-8-15/h2-10,13-14,16,19H,11-12H2,1H3,(H,22,24)/t14-,19-/m0/s1. The van der Waals surface area contributed by atoms with Crippen molar-refractivity contribution in [2.24, 2.45) is 5.92 Å².